The van der Waals surface area contributed by atoms with Crippen LogP contribution in [-0.4, -0.2) is 21.9 Å². The molecule has 1 heterocycles. The average Bonchev–Trinajstić information content (AvgIpc) is 2.41. The van der Waals surface area contributed by atoms with Crippen molar-refractivity contribution in [2.45, 2.75) is 0 Å². The molecule has 0 bridgehead atoms. The summed E-state index contributed by atoms with van der Waals surface area (Å²) in [5, 5.41) is 16.4. The zero-order valence-corrected chi connectivity index (χ0v) is 11.0. The van der Waals surface area contributed by atoms with Gasteiger partial charge in [-0.05, 0) is 18.2 Å². The fourth-order valence-electron chi connectivity index (χ4n) is 1.54. The van der Waals surface area contributed by atoms with Crippen molar-refractivity contribution in [3.05, 3.63) is 45.5 Å². The van der Waals surface area contributed by atoms with Crippen molar-refractivity contribution in [1.29, 1.82) is 0 Å². The maximum atomic E-state index is 13.7. The van der Waals surface area contributed by atoms with Gasteiger partial charge in [-0.25, -0.2) is 14.4 Å². The van der Waals surface area contributed by atoms with Gasteiger partial charge in [0.15, 0.2) is 0 Å². The van der Waals surface area contributed by atoms with Gasteiger partial charge in [0.1, 0.15) is 12.1 Å². The van der Waals surface area contributed by atoms with Crippen molar-refractivity contribution in [1.82, 2.24) is 9.97 Å². The van der Waals surface area contributed by atoms with Gasteiger partial charge in [0.2, 0.25) is 11.6 Å². The summed E-state index contributed by atoms with van der Waals surface area (Å²) in [4.78, 5) is 17.9. The summed E-state index contributed by atoms with van der Waals surface area (Å²) in [7, 11) is 1.49. The molecule has 0 spiro atoms. The van der Waals surface area contributed by atoms with Crippen molar-refractivity contribution in [3.8, 4) is 0 Å². The molecule has 0 aliphatic heterocycles. The summed E-state index contributed by atoms with van der Waals surface area (Å²) in [6, 6.07) is 3.91. The van der Waals surface area contributed by atoms with Gasteiger partial charge in [-0.3, -0.25) is 10.1 Å². The number of nitrogens with one attached hydrogen (secondary N) is 2. The Balaban J connectivity index is 2.45. The van der Waals surface area contributed by atoms with Crippen molar-refractivity contribution in [3.63, 3.8) is 0 Å². The summed E-state index contributed by atoms with van der Waals surface area (Å²) in [6.07, 6.45) is 1.13. The summed E-state index contributed by atoms with van der Waals surface area (Å²) in [6.45, 7) is 0. The van der Waals surface area contributed by atoms with E-state index in [1.54, 1.807) is 0 Å². The van der Waals surface area contributed by atoms with Crippen LogP contribution >= 0.6 is 11.6 Å². The predicted molar refractivity (Wildman–Crippen MR) is 72.9 cm³/mol. The molecule has 20 heavy (non-hydrogen) atoms. The van der Waals surface area contributed by atoms with Crippen molar-refractivity contribution >= 4 is 34.6 Å². The number of rotatable bonds is 4. The van der Waals surface area contributed by atoms with Crippen molar-refractivity contribution < 1.29 is 9.31 Å². The van der Waals surface area contributed by atoms with Crippen LogP contribution in [0.3, 0.4) is 0 Å². The van der Waals surface area contributed by atoms with E-state index in [2.05, 4.69) is 20.6 Å². The molecule has 0 radical (unpaired) electrons. The summed E-state index contributed by atoms with van der Waals surface area (Å²) < 4.78 is 13.7. The molecular weight excluding hydrogens is 289 g/mol. The summed E-state index contributed by atoms with van der Waals surface area (Å²) in [5.74, 6) is -0.728. The molecule has 0 aliphatic rings. The first-order valence-corrected chi connectivity index (χ1v) is 5.80. The third-order valence-electron chi connectivity index (χ3n) is 2.43. The minimum Gasteiger partial charge on any atom is -0.367 e. The Bertz CT molecular complexity index is 667. The van der Waals surface area contributed by atoms with Crippen molar-refractivity contribution in [2.24, 2.45) is 0 Å². The van der Waals surface area contributed by atoms with E-state index in [1.807, 2.05) is 0 Å². The van der Waals surface area contributed by atoms with Gasteiger partial charge < -0.3 is 10.6 Å². The summed E-state index contributed by atoms with van der Waals surface area (Å²) in [5.41, 5.74) is -0.345. The van der Waals surface area contributed by atoms with Gasteiger partial charge in [-0.1, -0.05) is 11.6 Å². The van der Waals surface area contributed by atoms with Crippen LogP contribution in [0, 0.1) is 15.9 Å². The molecule has 0 unspecified atom stereocenters. The van der Waals surface area contributed by atoms with E-state index in [-0.39, 0.29) is 28.0 Å². The fourth-order valence-corrected chi connectivity index (χ4v) is 1.70. The van der Waals surface area contributed by atoms with Crippen LogP contribution in [0.1, 0.15) is 0 Å². The fraction of sp³-hybridized carbons (Fsp3) is 0.0909. The monoisotopic (exact) mass is 297 g/mol. The highest BCUT2D eigenvalue weighted by atomic mass is 35.5. The molecule has 9 heteroatoms. The standard InChI is InChI=1S/C11H9ClFN5O2/c1-14-10-9(18(19)20)11(16-5-15-10)17-8-3-2-6(12)4-7(8)13/h2-5H,1H3,(H2,14,15,16,17). The second-order valence-electron chi connectivity index (χ2n) is 3.68. The SMILES string of the molecule is CNc1ncnc(Nc2ccc(Cl)cc2F)c1[N+](=O)[O-]. The molecule has 1 aromatic carbocycles. The maximum Gasteiger partial charge on any atom is 0.353 e. The van der Waals surface area contributed by atoms with Crippen LogP contribution in [-0.2, 0) is 0 Å². The van der Waals surface area contributed by atoms with Crippen LogP contribution in [0.4, 0.5) is 27.4 Å². The molecule has 2 aromatic rings. The molecule has 0 saturated carbocycles. The van der Waals surface area contributed by atoms with Crippen LogP contribution < -0.4 is 10.6 Å². The molecule has 1 aromatic heterocycles. The number of anilines is 3. The number of hydrogen-bond donors (Lipinski definition) is 2. The largest absolute Gasteiger partial charge is 0.367 e. The second-order valence-corrected chi connectivity index (χ2v) is 4.11. The minimum atomic E-state index is -0.651. The molecule has 0 fully saturated rings. The first-order chi connectivity index (χ1) is 9.52. The van der Waals surface area contributed by atoms with Gasteiger partial charge in [0.05, 0.1) is 10.6 Å². The van der Waals surface area contributed by atoms with E-state index in [0.29, 0.717) is 0 Å². The molecule has 7 nitrogen and oxygen atoms in total. The highest BCUT2D eigenvalue weighted by Crippen LogP contribution is 2.31. The van der Waals surface area contributed by atoms with Gasteiger partial charge in [-0.2, -0.15) is 0 Å². The van der Waals surface area contributed by atoms with Gasteiger partial charge in [0, 0.05) is 12.1 Å². The number of halogens is 2. The highest BCUT2D eigenvalue weighted by molar-refractivity contribution is 6.30. The molecule has 2 rings (SSSR count). The molecule has 2 N–H and O–H groups in total. The molecule has 104 valence electrons. The molecule has 0 saturated heterocycles. The van der Waals surface area contributed by atoms with Gasteiger partial charge in [0.25, 0.3) is 0 Å². The highest BCUT2D eigenvalue weighted by Gasteiger charge is 2.22. The zero-order chi connectivity index (χ0) is 14.7. The van der Waals surface area contributed by atoms with Crippen LogP contribution in [0.25, 0.3) is 0 Å². The Morgan fingerprint density at radius 2 is 2.05 bits per heavy atom. The average molecular weight is 298 g/mol. The molecule has 0 aliphatic carbocycles. The first-order valence-electron chi connectivity index (χ1n) is 5.42. The third kappa shape index (κ3) is 2.75. The van der Waals surface area contributed by atoms with E-state index in [4.69, 9.17) is 11.6 Å². The quantitative estimate of drug-likeness (QED) is 0.665. The van der Waals surface area contributed by atoms with Gasteiger partial charge in [-0.15, -0.1) is 0 Å². The van der Waals surface area contributed by atoms with Crippen LogP contribution in [0.15, 0.2) is 24.5 Å². The lowest BCUT2D eigenvalue weighted by Gasteiger charge is -2.09. The zero-order valence-electron chi connectivity index (χ0n) is 10.2. The van der Waals surface area contributed by atoms with E-state index in [1.165, 1.54) is 19.2 Å². The number of nitrogens with zero attached hydrogens (tertiary/aromatic N) is 3. The van der Waals surface area contributed by atoms with E-state index < -0.39 is 10.7 Å². The lowest BCUT2D eigenvalue weighted by Crippen LogP contribution is -2.06. The lowest BCUT2D eigenvalue weighted by atomic mass is 10.3. The topological polar surface area (TPSA) is 93.0 Å². The van der Waals surface area contributed by atoms with Crippen LogP contribution in [0.5, 0.6) is 0 Å². The van der Waals surface area contributed by atoms with E-state index >= 15 is 0 Å². The normalized spacial score (nSPS) is 10.2. The predicted octanol–water partition coefficient (Wildman–Crippen LogP) is 2.96. The maximum absolute atomic E-state index is 13.7. The van der Waals surface area contributed by atoms with Crippen LogP contribution in [0.2, 0.25) is 5.02 Å². The lowest BCUT2D eigenvalue weighted by molar-refractivity contribution is -0.383. The van der Waals surface area contributed by atoms with E-state index in [9.17, 15) is 14.5 Å². The Kier molecular flexibility index (Phi) is 3.94. The summed E-state index contributed by atoms with van der Waals surface area (Å²) >= 11 is 5.64. The Hall–Kier alpha value is -2.48. The number of hydrogen-bond acceptors (Lipinski definition) is 6. The smallest absolute Gasteiger partial charge is 0.353 e. The molecular formula is C11H9ClFN5O2. The van der Waals surface area contributed by atoms with Gasteiger partial charge >= 0.3 is 5.69 Å². The van der Waals surface area contributed by atoms with Crippen molar-refractivity contribution in [2.75, 3.05) is 17.7 Å². The Labute approximate surface area is 118 Å². The number of benzene rings is 1. The Morgan fingerprint density at radius 3 is 2.65 bits per heavy atom. The molecule has 0 amide bonds. The Morgan fingerprint density at radius 1 is 1.35 bits per heavy atom. The second kappa shape index (κ2) is 5.66. The molecule has 0 atom stereocenters. The third-order valence-corrected chi connectivity index (χ3v) is 2.66. The van der Waals surface area contributed by atoms with E-state index in [0.717, 1.165) is 12.4 Å². The number of nitro groups is 1. The first kappa shape index (κ1) is 13.9. The minimum absolute atomic E-state index is 0.0262. The number of aromatic nitrogens is 2.